The number of amides is 2. The first-order chi connectivity index (χ1) is 18.0. The van der Waals surface area contributed by atoms with E-state index in [1.165, 1.54) is 0 Å². The van der Waals surface area contributed by atoms with Gasteiger partial charge in [0.1, 0.15) is 11.0 Å². The lowest BCUT2D eigenvalue weighted by Gasteiger charge is -2.40. The molecule has 0 aromatic carbocycles. The number of ether oxygens (including phenoxy) is 2. The van der Waals surface area contributed by atoms with Crippen LogP contribution in [-0.4, -0.2) is 66.4 Å². The number of hydrogen-bond acceptors (Lipinski definition) is 6. The molecule has 3 fully saturated rings. The van der Waals surface area contributed by atoms with E-state index in [2.05, 4.69) is 18.8 Å². The van der Waals surface area contributed by atoms with E-state index < -0.39 is 5.97 Å². The Labute approximate surface area is 229 Å². The normalized spacial score (nSPS) is 24.4. The van der Waals surface area contributed by atoms with E-state index in [1.807, 2.05) is 20.8 Å². The summed E-state index contributed by atoms with van der Waals surface area (Å²) in [6.45, 7) is 10.2. The van der Waals surface area contributed by atoms with Gasteiger partial charge in [0.05, 0.1) is 23.8 Å². The van der Waals surface area contributed by atoms with Gasteiger partial charge in [-0.1, -0.05) is 18.8 Å². The second kappa shape index (κ2) is 12.1. The van der Waals surface area contributed by atoms with Crippen molar-refractivity contribution >= 4 is 35.0 Å². The van der Waals surface area contributed by atoms with E-state index in [0.717, 1.165) is 37.0 Å². The van der Waals surface area contributed by atoms with E-state index in [-0.39, 0.29) is 40.4 Å². The van der Waals surface area contributed by atoms with Crippen molar-refractivity contribution < 1.29 is 29.0 Å². The van der Waals surface area contributed by atoms with Crippen LogP contribution in [0, 0.1) is 29.1 Å². The number of likely N-dealkylation sites (tertiary alicyclic amines) is 1. The van der Waals surface area contributed by atoms with Gasteiger partial charge in [-0.05, 0) is 71.3 Å². The number of carbonyl (C=O) groups is 3. The smallest absolute Gasteiger partial charge is 0.410 e. The first kappa shape index (κ1) is 28.4. The largest absolute Gasteiger partial charge is 0.477 e. The Balaban J connectivity index is 1.58. The highest BCUT2D eigenvalue weighted by Crippen LogP contribution is 2.38. The minimum Gasteiger partial charge on any atom is -0.477 e. The third-order valence-corrected chi connectivity index (χ3v) is 8.60. The number of thiophene rings is 1. The minimum absolute atomic E-state index is 0.00309. The molecule has 4 rings (SSSR count). The summed E-state index contributed by atoms with van der Waals surface area (Å²) >= 11 is 1.12. The molecule has 2 amide bonds. The Morgan fingerprint density at radius 2 is 1.79 bits per heavy atom. The Bertz CT molecular complexity index is 1070. The summed E-state index contributed by atoms with van der Waals surface area (Å²) in [6, 6.07) is 1.58. The fourth-order valence-electron chi connectivity index (χ4n) is 5.35. The molecule has 3 aliphatic rings. The van der Waals surface area contributed by atoms with Gasteiger partial charge in [0.25, 0.3) is 0 Å². The molecule has 0 bridgehead atoms. The van der Waals surface area contributed by atoms with Crippen LogP contribution in [0.4, 0.5) is 10.5 Å². The summed E-state index contributed by atoms with van der Waals surface area (Å²) in [6.07, 6.45) is 4.90. The molecular weight excluding hydrogens is 504 g/mol. The zero-order chi connectivity index (χ0) is 27.4. The molecule has 0 unspecified atom stereocenters. The summed E-state index contributed by atoms with van der Waals surface area (Å²) in [4.78, 5) is 43.3. The lowest BCUT2D eigenvalue weighted by Crippen LogP contribution is -2.51. The number of carboxylic acids is 1. The molecule has 1 aromatic heterocycles. The lowest BCUT2D eigenvalue weighted by molar-refractivity contribution is -0.124. The molecule has 1 N–H and O–H groups in total. The van der Waals surface area contributed by atoms with E-state index in [1.54, 1.807) is 15.9 Å². The van der Waals surface area contributed by atoms with Gasteiger partial charge in [0.2, 0.25) is 5.91 Å². The average Bonchev–Trinajstić information content (AvgIpc) is 3.53. The molecule has 208 valence electrons. The van der Waals surface area contributed by atoms with Crippen LogP contribution < -0.4 is 4.90 Å². The number of hydrogen-bond donors (Lipinski definition) is 1. The van der Waals surface area contributed by atoms with Crippen LogP contribution in [-0.2, 0) is 14.3 Å². The van der Waals surface area contributed by atoms with Crippen LogP contribution in [0.2, 0.25) is 0 Å². The Kier molecular flexibility index (Phi) is 9.04. The van der Waals surface area contributed by atoms with Crippen LogP contribution in [0.15, 0.2) is 6.07 Å². The standard InChI is InChI=1S/C29H40N2O6S/c1-19-5-7-20(8-6-19)26(32)31(24-17-23(9-13-29(2,3)4)38-25(24)27(33)34)21-10-14-30(15-11-21)28(35)37-22-12-16-36-18-22/h17,19-22H,5-8,10-12,14-16,18H2,1-4H3,(H,33,34)/t19-,20-,22-/m1/s1. The number of nitrogens with zero attached hydrogens (tertiary/aromatic N) is 2. The van der Waals surface area contributed by atoms with Crippen LogP contribution in [0.5, 0.6) is 0 Å². The number of piperidine rings is 1. The van der Waals surface area contributed by atoms with Crippen LogP contribution in [0.1, 0.15) is 87.2 Å². The van der Waals surface area contributed by atoms with Crippen molar-refractivity contribution in [3.63, 3.8) is 0 Å². The lowest BCUT2D eigenvalue weighted by atomic mass is 9.82. The van der Waals surface area contributed by atoms with Crippen molar-refractivity contribution in [3.8, 4) is 11.8 Å². The topological polar surface area (TPSA) is 96.4 Å². The Morgan fingerprint density at radius 3 is 2.37 bits per heavy atom. The van der Waals surface area contributed by atoms with E-state index in [4.69, 9.17) is 9.47 Å². The van der Waals surface area contributed by atoms with Gasteiger partial charge in [-0.2, -0.15) is 0 Å². The third kappa shape index (κ3) is 7.09. The van der Waals surface area contributed by atoms with Crippen LogP contribution >= 0.6 is 11.3 Å². The zero-order valence-electron chi connectivity index (χ0n) is 23.0. The van der Waals surface area contributed by atoms with E-state index in [0.29, 0.717) is 62.0 Å². The molecule has 1 aliphatic carbocycles. The zero-order valence-corrected chi connectivity index (χ0v) is 23.8. The summed E-state index contributed by atoms with van der Waals surface area (Å²) in [5.41, 5.74) is 0.210. The average molecular weight is 545 g/mol. The molecule has 8 nitrogen and oxygen atoms in total. The Morgan fingerprint density at radius 1 is 1.11 bits per heavy atom. The first-order valence-corrected chi connectivity index (χ1v) is 14.6. The molecule has 0 radical (unpaired) electrons. The number of carbonyl (C=O) groups excluding carboxylic acids is 2. The molecular formula is C29H40N2O6S. The van der Waals surface area contributed by atoms with Gasteiger partial charge < -0.3 is 24.4 Å². The highest BCUT2D eigenvalue weighted by Gasteiger charge is 2.38. The second-order valence-corrected chi connectivity index (χ2v) is 12.9. The summed E-state index contributed by atoms with van der Waals surface area (Å²) < 4.78 is 10.9. The predicted molar refractivity (Wildman–Crippen MR) is 147 cm³/mol. The predicted octanol–water partition coefficient (Wildman–Crippen LogP) is 5.39. The number of carboxylic acid groups (broad SMARTS) is 1. The quantitative estimate of drug-likeness (QED) is 0.499. The SMILES string of the molecule is CC(C)(C)C#Cc1cc(N(C(=O)[C@H]2CC[C@H](C)CC2)C2CCN(C(=O)O[C@@H]3CCOC3)CC2)c(C(=O)O)s1. The number of rotatable bonds is 5. The second-order valence-electron chi connectivity index (χ2n) is 11.9. The number of aromatic carboxylic acids is 1. The maximum Gasteiger partial charge on any atom is 0.410 e. The van der Waals surface area contributed by atoms with Crippen molar-refractivity contribution in [2.45, 2.75) is 84.8 Å². The van der Waals surface area contributed by atoms with Gasteiger partial charge in [-0.25, -0.2) is 9.59 Å². The molecule has 1 atom stereocenters. The highest BCUT2D eigenvalue weighted by molar-refractivity contribution is 7.15. The maximum atomic E-state index is 14.0. The van der Waals surface area contributed by atoms with Gasteiger partial charge in [0.15, 0.2) is 0 Å². The van der Waals surface area contributed by atoms with Crippen molar-refractivity contribution in [3.05, 3.63) is 15.8 Å². The summed E-state index contributed by atoms with van der Waals surface area (Å²) in [5.74, 6) is 5.73. The molecule has 9 heteroatoms. The summed E-state index contributed by atoms with van der Waals surface area (Å²) in [7, 11) is 0. The molecule has 1 aromatic rings. The fraction of sp³-hybridized carbons (Fsp3) is 0.690. The van der Waals surface area contributed by atoms with Crippen molar-refractivity contribution in [1.82, 2.24) is 4.90 Å². The summed E-state index contributed by atoms with van der Waals surface area (Å²) in [5, 5.41) is 10.1. The molecule has 2 saturated heterocycles. The molecule has 38 heavy (non-hydrogen) atoms. The van der Waals surface area contributed by atoms with E-state index in [9.17, 15) is 19.5 Å². The maximum absolute atomic E-state index is 14.0. The number of anilines is 1. The van der Waals surface area contributed by atoms with Crippen LogP contribution in [0.25, 0.3) is 0 Å². The van der Waals surface area contributed by atoms with Gasteiger partial charge in [-0.3, -0.25) is 4.79 Å². The monoisotopic (exact) mass is 544 g/mol. The Hall–Kier alpha value is -2.57. The van der Waals surface area contributed by atoms with Crippen LogP contribution in [0.3, 0.4) is 0 Å². The highest BCUT2D eigenvalue weighted by atomic mass is 32.1. The molecule has 1 saturated carbocycles. The minimum atomic E-state index is -1.05. The van der Waals surface area contributed by atoms with Gasteiger partial charge in [0, 0.05) is 36.9 Å². The van der Waals surface area contributed by atoms with Crippen molar-refractivity contribution in [1.29, 1.82) is 0 Å². The van der Waals surface area contributed by atoms with E-state index >= 15 is 0 Å². The van der Waals surface area contributed by atoms with Crippen molar-refractivity contribution in [2.75, 3.05) is 31.2 Å². The molecule has 0 spiro atoms. The fourth-order valence-corrected chi connectivity index (χ4v) is 6.19. The molecule has 2 aliphatic heterocycles. The van der Waals surface area contributed by atoms with Gasteiger partial charge in [-0.15, -0.1) is 11.3 Å². The first-order valence-electron chi connectivity index (χ1n) is 13.8. The molecule has 3 heterocycles. The third-order valence-electron chi connectivity index (χ3n) is 7.57. The van der Waals surface area contributed by atoms with Crippen molar-refractivity contribution in [2.24, 2.45) is 17.3 Å². The van der Waals surface area contributed by atoms with Gasteiger partial charge >= 0.3 is 12.1 Å².